The molecule has 0 spiro atoms. The van der Waals surface area contributed by atoms with Gasteiger partial charge >= 0.3 is 0 Å². The average molecular weight is 280 g/mol. The van der Waals surface area contributed by atoms with E-state index in [9.17, 15) is 0 Å². The maximum Gasteiger partial charge on any atom is 0.166 e. The van der Waals surface area contributed by atoms with Gasteiger partial charge in [-0.2, -0.15) is 5.10 Å². The Bertz CT molecular complexity index is 421. The maximum absolute atomic E-state index is 5.37. The van der Waals surface area contributed by atoms with Crippen molar-refractivity contribution in [2.24, 2.45) is 7.05 Å². The van der Waals surface area contributed by atoms with Crippen LogP contribution in [0.5, 0.6) is 0 Å². The Kier molecular flexibility index (Phi) is 5.19. The average Bonchev–Trinajstić information content (AvgIpc) is 2.78. The number of hydrogen-bond acceptors (Lipinski definition) is 2. The molecule has 0 amide bonds. The van der Waals surface area contributed by atoms with Gasteiger partial charge in [-0.3, -0.25) is 4.68 Å². The lowest BCUT2D eigenvalue weighted by atomic mass is 9.96. The fraction of sp³-hybridized carbons (Fsp3) is 0.714. The van der Waals surface area contributed by atoms with Crippen molar-refractivity contribution in [2.75, 3.05) is 0 Å². The van der Waals surface area contributed by atoms with Crippen LogP contribution in [0.4, 0.5) is 0 Å². The summed E-state index contributed by atoms with van der Waals surface area (Å²) in [5.74, 6) is 0. The van der Waals surface area contributed by atoms with E-state index < -0.39 is 0 Å². The first kappa shape index (κ1) is 14.3. The summed E-state index contributed by atoms with van der Waals surface area (Å²) in [5.41, 5.74) is 2.38. The van der Waals surface area contributed by atoms with Crippen LogP contribution < -0.4 is 10.6 Å². The zero-order chi connectivity index (χ0) is 13.7. The molecule has 0 radical (unpaired) electrons. The van der Waals surface area contributed by atoms with Crippen molar-refractivity contribution in [1.29, 1.82) is 0 Å². The molecule has 106 valence electrons. The molecule has 4 nitrogen and oxygen atoms in total. The number of thiocarbonyl (C=S) groups is 1. The minimum absolute atomic E-state index is 0.563. The van der Waals surface area contributed by atoms with Crippen LogP contribution in [0, 0.1) is 0 Å². The largest absolute Gasteiger partial charge is 0.360 e. The summed E-state index contributed by atoms with van der Waals surface area (Å²) < 4.78 is 1.87. The topological polar surface area (TPSA) is 41.9 Å². The molecule has 1 fully saturated rings. The molecule has 19 heavy (non-hydrogen) atoms. The second kappa shape index (κ2) is 6.89. The zero-order valence-corrected chi connectivity index (χ0v) is 12.7. The first-order chi connectivity index (χ1) is 9.19. The van der Waals surface area contributed by atoms with E-state index in [0.29, 0.717) is 6.04 Å². The Balaban J connectivity index is 1.79. The minimum atomic E-state index is 0.563. The quantitative estimate of drug-likeness (QED) is 0.830. The zero-order valence-electron chi connectivity index (χ0n) is 11.9. The molecule has 1 saturated carbocycles. The lowest BCUT2D eigenvalue weighted by molar-refractivity contribution is 0.412. The van der Waals surface area contributed by atoms with Crippen LogP contribution in [-0.4, -0.2) is 20.9 Å². The molecule has 1 aliphatic carbocycles. The van der Waals surface area contributed by atoms with Gasteiger partial charge in [-0.1, -0.05) is 26.2 Å². The van der Waals surface area contributed by atoms with Crippen molar-refractivity contribution >= 4 is 17.3 Å². The third-order valence-electron chi connectivity index (χ3n) is 3.71. The van der Waals surface area contributed by atoms with Gasteiger partial charge in [0.15, 0.2) is 5.11 Å². The van der Waals surface area contributed by atoms with Gasteiger partial charge in [0.2, 0.25) is 0 Å². The highest BCUT2D eigenvalue weighted by Gasteiger charge is 2.14. The first-order valence-corrected chi connectivity index (χ1v) is 7.65. The minimum Gasteiger partial charge on any atom is -0.360 e. The third-order valence-corrected chi connectivity index (χ3v) is 3.97. The SMILES string of the molecule is CCc1nn(C)cc1CNC(=S)NC1CCCCC1. The van der Waals surface area contributed by atoms with E-state index in [0.717, 1.165) is 23.8 Å². The van der Waals surface area contributed by atoms with Crippen molar-refractivity contribution in [2.45, 2.75) is 58.0 Å². The summed E-state index contributed by atoms with van der Waals surface area (Å²) >= 11 is 5.37. The van der Waals surface area contributed by atoms with E-state index in [2.05, 4.69) is 28.9 Å². The highest BCUT2D eigenvalue weighted by molar-refractivity contribution is 7.80. The van der Waals surface area contributed by atoms with Crippen LogP contribution in [0.1, 0.15) is 50.3 Å². The molecule has 0 unspecified atom stereocenters. The highest BCUT2D eigenvalue weighted by Crippen LogP contribution is 2.17. The second-order valence-corrected chi connectivity index (χ2v) is 5.70. The van der Waals surface area contributed by atoms with E-state index >= 15 is 0 Å². The predicted octanol–water partition coefficient (Wildman–Crippen LogP) is 2.28. The van der Waals surface area contributed by atoms with Crippen molar-refractivity contribution in [3.05, 3.63) is 17.5 Å². The fourth-order valence-corrected chi connectivity index (χ4v) is 2.93. The van der Waals surface area contributed by atoms with Gasteiger partial charge in [0.25, 0.3) is 0 Å². The van der Waals surface area contributed by atoms with Gasteiger partial charge in [-0.15, -0.1) is 0 Å². The Labute approximate surface area is 121 Å². The molecule has 0 bridgehead atoms. The van der Waals surface area contributed by atoms with Crippen LogP contribution in [-0.2, 0) is 20.0 Å². The summed E-state index contributed by atoms with van der Waals surface area (Å²) in [6.07, 6.45) is 9.53. The highest BCUT2D eigenvalue weighted by atomic mass is 32.1. The lowest BCUT2D eigenvalue weighted by Crippen LogP contribution is -2.42. The van der Waals surface area contributed by atoms with Crippen molar-refractivity contribution in [1.82, 2.24) is 20.4 Å². The van der Waals surface area contributed by atoms with E-state index in [1.807, 2.05) is 11.7 Å². The smallest absolute Gasteiger partial charge is 0.166 e. The summed E-state index contributed by atoms with van der Waals surface area (Å²) in [6.45, 7) is 2.89. The van der Waals surface area contributed by atoms with Crippen LogP contribution >= 0.6 is 12.2 Å². The second-order valence-electron chi connectivity index (χ2n) is 5.29. The third kappa shape index (κ3) is 4.20. The fourth-order valence-electron chi connectivity index (χ4n) is 2.69. The van der Waals surface area contributed by atoms with Gasteiger partial charge in [0.05, 0.1) is 5.69 Å². The number of nitrogens with zero attached hydrogens (tertiary/aromatic N) is 2. The Morgan fingerprint density at radius 3 is 2.84 bits per heavy atom. The van der Waals surface area contributed by atoms with Gasteiger partial charge in [-0.05, 0) is 31.5 Å². The Morgan fingerprint density at radius 1 is 1.42 bits per heavy atom. The van der Waals surface area contributed by atoms with Crippen LogP contribution in [0.15, 0.2) is 6.20 Å². The van der Waals surface area contributed by atoms with Crippen LogP contribution in [0.2, 0.25) is 0 Å². The number of aryl methyl sites for hydroxylation is 2. The summed E-state index contributed by atoms with van der Waals surface area (Å²) in [4.78, 5) is 0. The van der Waals surface area contributed by atoms with E-state index in [4.69, 9.17) is 12.2 Å². The summed E-state index contributed by atoms with van der Waals surface area (Å²) in [5, 5.41) is 11.9. The van der Waals surface area contributed by atoms with E-state index in [-0.39, 0.29) is 0 Å². The molecule has 1 heterocycles. The maximum atomic E-state index is 5.37. The van der Waals surface area contributed by atoms with Crippen LogP contribution in [0.3, 0.4) is 0 Å². The molecule has 0 aromatic carbocycles. The molecular formula is C14H24N4S. The molecule has 0 atom stereocenters. The van der Waals surface area contributed by atoms with Crippen LogP contribution in [0.25, 0.3) is 0 Å². The molecular weight excluding hydrogens is 256 g/mol. The number of nitrogens with one attached hydrogen (secondary N) is 2. The Hall–Kier alpha value is -1.10. The summed E-state index contributed by atoms with van der Waals surface area (Å²) in [7, 11) is 1.96. The molecule has 0 saturated heterocycles. The van der Waals surface area contributed by atoms with Gasteiger partial charge in [-0.25, -0.2) is 0 Å². The molecule has 1 aromatic rings. The monoisotopic (exact) mass is 280 g/mol. The lowest BCUT2D eigenvalue weighted by Gasteiger charge is -2.24. The van der Waals surface area contributed by atoms with E-state index in [1.54, 1.807) is 0 Å². The molecule has 0 aliphatic heterocycles. The van der Waals surface area contributed by atoms with Crippen molar-refractivity contribution in [3.63, 3.8) is 0 Å². The number of rotatable bonds is 4. The first-order valence-electron chi connectivity index (χ1n) is 7.24. The molecule has 1 aromatic heterocycles. The standard InChI is InChI=1S/C14H24N4S/c1-3-13-11(10-18(2)17-13)9-15-14(19)16-12-7-5-4-6-8-12/h10,12H,3-9H2,1-2H3,(H2,15,16,19). The van der Waals surface area contributed by atoms with Crippen molar-refractivity contribution < 1.29 is 0 Å². The molecule has 2 N–H and O–H groups in total. The molecule has 2 rings (SSSR count). The summed E-state index contributed by atoms with van der Waals surface area (Å²) in [6, 6.07) is 0.563. The number of aromatic nitrogens is 2. The van der Waals surface area contributed by atoms with Gasteiger partial charge < -0.3 is 10.6 Å². The Morgan fingerprint density at radius 2 is 2.16 bits per heavy atom. The van der Waals surface area contributed by atoms with E-state index in [1.165, 1.54) is 37.7 Å². The number of hydrogen-bond donors (Lipinski definition) is 2. The normalized spacial score (nSPS) is 16.3. The molecule has 1 aliphatic rings. The van der Waals surface area contributed by atoms with Crippen molar-refractivity contribution in [3.8, 4) is 0 Å². The predicted molar refractivity (Wildman–Crippen MR) is 82.0 cm³/mol. The molecule has 5 heteroatoms. The van der Waals surface area contributed by atoms with Gasteiger partial charge in [0.1, 0.15) is 0 Å². The van der Waals surface area contributed by atoms with Gasteiger partial charge in [0, 0.05) is 31.4 Å².